The number of nitrogen functional groups attached to an aromatic ring is 1. The first-order valence-corrected chi connectivity index (χ1v) is 7.00. The summed E-state index contributed by atoms with van der Waals surface area (Å²) in [7, 11) is 0. The summed E-state index contributed by atoms with van der Waals surface area (Å²) in [4.78, 5) is 15.5. The third-order valence-electron chi connectivity index (χ3n) is 3.46. The fraction of sp³-hybridized carbons (Fsp3) is 0.636. The Labute approximate surface area is 114 Å². The van der Waals surface area contributed by atoms with Crippen molar-refractivity contribution in [2.24, 2.45) is 0 Å². The first-order valence-electron chi connectivity index (χ1n) is 5.78. The van der Waals surface area contributed by atoms with E-state index in [0.29, 0.717) is 0 Å². The third-order valence-corrected chi connectivity index (χ3v) is 4.78. The standard InChI is InChI=1S/C11H17N3O4S/c1-11(19-2)8(16)6(5-15)18-9(11)14-4-3-7(12)13-10(14)17/h3-4,6,8-9,15-16H,5H2,1-2H3,(H2,12,13,17). The van der Waals surface area contributed by atoms with Gasteiger partial charge in [0.1, 0.15) is 18.0 Å². The van der Waals surface area contributed by atoms with Crippen molar-refractivity contribution < 1.29 is 14.9 Å². The highest BCUT2D eigenvalue weighted by atomic mass is 32.2. The van der Waals surface area contributed by atoms with Crippen LogP contribution in [0.5, 0.6) is 0 Å². The Balaban J connectivity index is 2.45. The quantitative estimate of drug-likeness (QED) is 0.667. The molecular formula is C11H17N3O4S. The average molecular weight is 287 g/mol. The molecule has 106 valence electrons. The predicted octanol–water partition coefficient (Wildman–Crippen LogP) is -0.802. The summed E-state index contributed by atoms with van der Waals surface area (Å²) in [5, 5.41) is 19.4. The maximum absolute atomic E-state index is 11.9. The van der Waals surface area contributed by atoms with Crippen LogP contribution in [0.1, 0.15) is 13.2 Å². The maximum Gasteiger partial charge on any atom is 0.351 e. The van der Waals surface area contributed by atoms with Gasteiger partial charge in [-0.1, -0.05) is 0 Å². The summed E-state index contributed by atoms with van der Waals surface area (Å²) in [6.45, 7) is 1.47. The van der Waals surface area contributed by atoms with Gasteiger partial charge in [0.15, 0.2) is 6.23 Å². The number of anilines is 1. The number of aliphatic hydroxyl groups excluding tert-OH is 2. The van der Waals surface area contributed by atoms with Gasteiger partial charge in [0.25, 0.3) is 0 Å². The van der Waals surface area contributed by atoms with Gasteiger partial charge < -0.3 is 20.7 Å². The van der Waals surface area contributed by atoms with Gasteiger partial charge in [-0.05, 0) is 19.2 Å². The Kier molecular flexibility index (Phi) is 3.86. The summed E-state index contributed by atoms with van der Waals surface area (Å²) >= 11 is 1.37. The third kappa shape index (κ3) is 2.25. The molecule has 1 aliphatic heterocycles. The minimum Gasteiger partial charge on any atom is -0.394 e. The molecule has 0 aliphatic carbocycles. The van der Waals surface area contributed by atoms with E-state index in [1.54, 1.807) is 6.92 Å². The Morgan fingerprint density at radius 1 is 1.68 bits per heavy atom. The van der Waals surface area contributed by atoms with Crippen molar-refractivity contribution in [1.29, 1.82) is 0 Å². The molecule has 19 heavy (non-hydrogen) atoms. The second kappa shape index (κ2) is 5.12. The molecule has 1 aromatic heterocycles. The van der Waals surface area contributed by atoms with Crippen molar-refractivity contribution in [2.75, 3.05) is 18.6 Å². The number of thioether (sulfide) groups is 1. The van der Waals surface area contributed by atoms with Crippen molar-refractivity contribution in [2.45, 2.75) is 30.1 Å². The van der Waals surface area contributed by atoms with E-state index in [1.165, 1.54) is 28.6 Å². The Morgan fingerprint density at radius 2 is 2.37 bits per heavy atom. The first kappa shape index (κ1) is 14.3. The van der Waals surface area contributed by atoms with Gasteiger partial charge in [-0.2, -0.15) is 16.7 Å². The van der Waals surface area contributed by atoms with Crippen LogP contribution in [-0.4, -0.2) is 49.6 Å². The van der Waals surface area contributed by atoms with Crippen molar-refractivity contribution >= 4 is 17.6 Å². The van der Waals surface area contributed by atoms with Crippen LogP contribution >= 0.6 is 11.8 Å². The molecule has 1 saturated heterocycles. The molecule has 4 atom stereocenters. The largest absolute Gasteiger partial charge is 0.394 e. The van der Waals surface area contributed by atoms with Crippen LogP contribution in [0.3, 0.4) is 0 Å². The zero-order valence-electron chi connectivity index (χ0n) is 10.7. The highest BCUT2D eigenvalue weighted by Gasteiger charge is 2.53. The molecule has 0 bridgehead atoms. The number of ether oxygens (including phenoxy) is 1. The number of nitrogens with two attached hydrogens (primary N) is 1. The molecule has 4 N–H and O–H groups in total. The number of hydrogen-bond acceptors (Lipinski definition) is 7. The van der Waals surface area contributed by atoms with Crippen LogP contribution in [0.2, 0.25) is 0 Å². The molecule has 7 nitrogen and oxygen atoms in total. The number of aliphatic hydroxyl groups is 2. The van der Waals surface area contributed by atoms with E-state index in [9.17, 15) is 15.0 Å². The van der Waals surface area contributed by atoms with E-state index in [0.717, 1.165) is 0 Å². The van der Waals surface area contributed by atoms with Gasteiger partial charge in [-0.3, -0.25) is 4.57 Å². The van der Waals surface area contributed by atoms with E-state index in [1.807, 2.05) is 6.26 Å². The molecule has 1 fully saturated rings. The molecule has 0 amide bonds. The van der Waals surface area contributed by atoms with E-state index in [4.69, 9.17) is 10.5 Å². The molecule has 8 heteroatoms. The van der Waals surface area contributed by atoms with Gasteiger partial charge in [0.05, 0.1) is 11.4 Å². The van der Waals surface area contributed by atoms with Crippen molar-refractivity contribution in [3.05, 3.63) is 22.7 Å². The topological polar surface area (TPSA) is 111 Å². The van der Waals surface area contributed by atoms with Crippen molar-refractivity contribution in [3.63, 3.8) is 0 Å². The SMILES string of the molecule is CSC1(C)C(O)C(CO)OC1n1ccc(N)nc1=O. The first-order chi connectivity index (χ1) is 8.93. The van der Waals surface area contributed by atoms with Gasteiger partial charge >= 0.3 is 5.69 Å². The van der Waals surface area contributed by atoms with Crippen LogP contribution in [-0.2, 0) is 4.74 Å². The zero-order valence-corrected chi connectivity index (χ0v) is 11.5. The van der Waals surface area contributed by atoms with Gasteiger partial charge in [-0.15, -0.1) is 0 Å². The summed E-state index contributed by atoms with van der Waals surface area (Å²) in [5.74, 6) is 0.129. The Hall–Kier alpha value is -1.09. The molecule has 0 spiro atoms. The highest BCUT2D eigenvalue weighted by molar-refractivity contribution is 8.00. The van der Waals surface area contributed by atoms with Crippen LogP contribution in [0.25, 0.3) is 0 Å². The fourth-order valence-corrected chi connectivity index (χ4v) is 2.96. The van der Waals surface area contributed by atoms with Gasteiger partial charge in [-0.25, -0.2) is 4.79 Å². The van der Waals surface area contributed by atoms with Crippen molar-refractivity contribution in [1.82, 2.24) is 9.55 Å². The molecule has 0 saturated carbocycles. The summed E-state index contributed by atoms with van der Waals surface area (Å²) in [5.41, 5.74) is 4.90. The minimum atomic E-state index is -0.887. The normalized spacial score (nSPS) is 34.6. The zero-order chi connectivity index (χ0) is 14.2. The second-order valence-corrected chi connectivity index (χ2v) is 5.87. The lowest BCUT2D eigenvalue weighted by Crippen LogP contribution is -2.43. The second-order valence-electron chi connectivity index (χ2n) is 4.58. The molecule has 2 heterocycles. The van der Waals surface area contributed by atoms with Gasteiger partial charge in [0, 0.05) is 6.20 Å². The summed E-state index contributed by atoms with van der Waals surface area (Å²) < 4.78 is 6.13. The lowest BCUT2D eigenvalue weighted by Gasteiger charge is -2.31. The average Bonchev–Trinajstić information content (AvgIpc) is 2.63. The molecule has 4 unspecified atom stereocenters. The molecule has 2 rings (SSSR count). The molecule has 0 radical (unpaired) electrons. The fourth-order valence-electron chi connectivity index (χ4n) is 2.20. The number of nitrogens with zero attached hydrogens (tertiary/aromatic N) is 2. The van der Waals surface area contributed by atoms with Crippen LogP contribution in [0, 0.1) is 0 Å². The molecule has 1 aliphatic rings. The summed E-state index contributed by atoms with van der Waals surface area (Å²) in [6, 6.07) is 1.49. The maximum atomic E-state index is 11.9. The highest BCUT2D eigenvalue weighted by Crippen LogP contribution is 2.45. The van der Waals surface area contributed by atoms with Crippen LogP contribution < -0.4 is 11.4 Å². The molecule has 1 aromatic rings. The predicted molar refractivity (Wildman–Crippen MR) is 71.8 cm³/mol. The number of hydrogen-bond donors (Lipinski definition) is 3. The number of aromatic nitrogens is 2. The van der Waals surface area contributed by atoms with Crippen LogP contribution in [0.4, 0.5) is 5.82 Å². The van der Waals surface area contributed by atoms with E-state index in [2.05, 4.69) is 4.98 Å². The molecule has 0 aromatic carbocycles. The Bertz CT molecular complexity index is 523. The summed E-state index contributed by atoms with van der Waals surface area (Å²) in [6.07, 6.45) is 0.967. The van der Waals surface area contributed by atoms with E-state index < -0.39 is 28.9 Å². The van der Waals surface area contributed by atoms with E-state index in [-0.39, 0.29) is 12.4 Å². The number of rotatable bonds is 3. The van der Waals surface area contributed by atoms with Crippen molar-refractivity contribution in [3.8, 4) is 0 Å². The lowest BCUT2D eigenvalue weighted by atomic mass is 10.0. The Morgan fingerprint density at radius 3 is 2.89 bits per heavy atom. The minimum absolute atomic E-state index is 0.129. The lowest BCUT2D eigenvalue weighted by molar-refractivity contribution is -0.0468. The van der Waals surface area contributed by atoms with E-state index >= 15 is 0 Å². The molecular weight excluding hydrogens is 270 g/mol. The monoisotopic (exact) mass is 287 g/mol. The van der Waals surface area contributed by atoms with Gasteiger partial charge in [0.2, 0.25) is 0 Å². The van der Waals surface area contributed by atoms with Crippen LogP contribution in [0.15, 0.2) is 17.1 Å². The smallest absolute Gasteiger partial charge is 0.351 e.